The van der Waals surface area contributed by atoms with Crippen molar-refractivity contribution in [3.05, 3.63) is 23.5 Å². The van der Waals surface area contributed by atoms with Gasteiger partial charge in [0.25, 0.3) is 11.6 Å². The lowest BCUT2D eigenvalue weighted by atomic mass is 10.1. The molecule has 8 nitrogen and oxygen atoms in total. The normalized spacial score (nSPS) is 18.3. The molecule has 0 aromatic carbocycles. The van der Waals surface area contributed by atoms with Crippen molar-refractivity contribution < 1.29 is 17.7 Å². The van der Waals surface area contributed by atoms with Crippen LogP contribution in [0.4, 0.5) is 0 Å². The summed E-state index contributed by atoms with van der Waals surface area (Å²) in [5, 5.41) is 4.70. The van der Waals surface area contributed by atoms with Crippen LogP contribution in [-0.2, 0) is 10.0 Å². The van der Waals surface area contributed by atoms with Gasteiger partial charge in [-0.05, 0) is 12.0 Å². The monoisotopic (exact) mass is 338 g/mol. The van der Waals surface area contributed by atoms with Gasteiger partial charge in [-0.25, -0.2) is 18.1 Å². The van der Waals surface area contributed by atoms with E-state index in [0.717, 1.165) is 5.69 Å². The summed E-state index contributed by atoms with van der Waals surface area (Å²) >= 11 is 0. The molecular weight excluding hydrogens is 320 g/mol. The summed E-state index contributed by atoms with van der Waals surface area (Å²) in [4.78, 5) is 18.3. The van der Waals surface area contributed by atoms with E-state index < -0.39 is 10.0 Å². The van der Waals surface area contributed by atoms with Crippen molar-refractivity contribution >= 4 is 27.0 Å². The highest BCUT2D eigenvalue weighted by Gasteiger charge is 2.24. The number of nitrogens with zero attached hydrogens (tertiary/aromatic N) is 3. The Bertz CT molecular complexity index is 844. The van der Waals surface area contributed by atoms with Gasteiger partial charge in [0.05, 0.1) is 22.4 Å². The number of aromatic nitrogens is 2. The molecule has 0 unspecified atom stereocenters. The number of carbonyl (C=O) groups excluding carboxylic acids is 1. The molecule has 2 aromatic rings. The van der Waals surface area contributed by atoms with Gasteiger partial charge in [0.15, 0.2) is 0 Å². The molecule has 1 aliphatic heterocycles. The number of rotatable bonds is 2. The number of amides is 1. The summed E-state index contributed by atoms with van der Waals surface area (Å²) in [6, 6.07) is 1.71. The van der Waals surface area contributed by atoms with Gasteiger partial charge in [0.1, 0.15) is 0 Å². The fraction of sp³-hybridized carbons (Fsp3) is 0.500. The van der Waals surface area contributed by atoms with Crippen LogP contribution in [0.1, 0.15) is 35.8 Å². The van der Waals surface area contributed by atoms with Crippen LogP contribution in [-0.4, -0.2) is 54.8 Å². The Labute approximate surface area is 133 Å². The van der Waals surface area contributed by atoms with E-state index >= 15 is 0 Å². The lowest BCUT2D eigenvalue weighted by molar-refractivity contribution is 0.0771. The second-order valence-electron chi connectivity index (χ2n) is 5.80. The minimum absolute atomic E-state index is 0.0983. The number of sulfonamides is 1. The Morgan fingerprint density at radius 1 is 1.39 bits per heavy atom. The maximum atomic E-state index is 12.6. The molecule has 0 atom stereocenters. The van der Waals surface area contributed by atoms with E-state index in [1.807, 2.05) is 13.8 Å². The first-order valence-corrected chi connectivity index (χ1v) is 9.04. The van der Waals surface area contributed by atoms with E-state index in [0.29, 0.717) is 23.2 Å². The molecule has 23 heavy (non-hydrogen) atoms. The Morgan fingerprint density at radius 2 is 2.17 bits per heavy atom. The van der Waals surface area contributed by atoms with E-state index in [4.69, 9.17) is 4.52 Å². The van der Waals surface area contributed by atoms with Crippen LogP contribution in [0.25, 0.3) is 11.1 Å². The summed E-state index contributed by atoms with van der Waals surface area (Å²) in [7, 11) is -3.30. The standard InChI is InChI=1S/C14H18N4O4S/c1-9(2)12-11-7-10(8-15-13(11)22-17-12)14(19)18-4-3-16-23(20,21)6-5-18/h7-9,16H,3-6H2,1-2H3. The fourth-order valence-corrected chi connectivity index (χ4v) is 3.53. The van der Waals surface area contributed by atoms with Crippen molar-refractivity contribution in [2.24, 2.45) is 0 Å². The number of fused-ring (bicyclic) bond motifs is 1. The van der Waals surface area contributed by atoms with Crippen LogP contribution >= 0.6 is 0 Å². The predicted octanol–water partition coefficient (Wildman–Crippen LogP) is 0.721. The predicted molar refractivity (Wildman–Crippen MR) is 83.6 cm³/mol. The maximum absolute atomic E-state index is 12.6. The number of hydrogen-bond acceptors (Lipinski definition) is 6. The van der Waals surface area contributed by atoms with E-state index in [1.54, 1.807) is 6.07 Å². The van der Waals surface area contributed by atoms with Crippen molar-refractivity contribution in [2.75, 3.05) is 25.4 Å². The molecule has 1 saturated heterocycles. The Kier molecular flexibility index (Phi) is 4.07. The molecule has 9 heteroatoms. The molecule has 1 fully saturated rings. The molecule has 3 rings (SSSR count). The molecule has 2 aromatic heterocycles. The Balaban J connectivity index is 1.90. The lowest BCUT2D eigenvalue weighted by Crippen LogP contribution is -2.34. The fourth-order valence-electron chi connectivity index (χ4n) is 2.52. The van der Waals surface area contributed by atoms with Gasteiger partial charge in [-0.1, -0.05) is 19.0 Å². The highest BCUT2D eigenvalue weighted by atomic mass is 32.2. The Morgan fingerprint density at radius 3 is 2.91 bits per heavy atom. The summed E-state index contributed by atoms with van der Waals surface area (Å²) in [5.41, 5.74) is 1.55. The molecule has 0 saturated carbocycles. The molecule has 0 radical (unpaired) electrons. The minimum Gasteiger partial charge on any atom is -0.336 e. The second kappa shape index (κ2) is 5.89. The highest BCUT2D eigenvalue weighted by Crippen LogP contribution is 2.24. The van der Waals surface area contributed by atoms with Gasteiger partial charge in [-0.3, -0.25) is 4.79 Å². The van der Waals surface area contributed by atoms with Crippen molar-refractivity contribution in [3.63, 3.8) is 0 Å². The van der Waals surface area contributed by atoms with Crippen molar-refractivity contribution in [1.29, 1.82) is 0 Å². The number of nitrogens with one attached hydrogen (secondary N) is 1. The van der Waals surface area contributed by atoms with Gasteiger partial charge < -0.3 is 9.42 Å². The van der Waals surface area contributed by atoms with Gasteiger partial charge >= 0.3 is 0 Å². The first kappa shape index (κ1) is 15.9. The van der Waals surface area contributed by atoms with E-state index in [1.165, 1.54) is 11.1 Å². The van der Waals surface area contributed by atoms with Gasteiger partial charge in [0.2, 0.25) is 10.0 Å². The SMILES string of the molecule is CC(C)c1noc2ncc(C(=O)N3CCNS(=O)(=O)CC3)cc12. The van der Waals surface area contributed by atoms with E-state index in [-0.39, 0.29) is 30.7 Å². The maximum Gasteiger partial charge on any atom is 0.257 e. The topological polar surface area (TPSA) is 105 Å². The van der Waals surface area contributed by atoms with Crippen LogP contribution in [0.15, 0.2) is 16.8 Å². The highest BCUT2D eigenvalue weighted by molar-refractivity contribution is 7.89. The zero-order valence-corrected chi connectivity index (χ0v) is 13.8. The molecule has 124 valence electrons. The molecule has 0 spiro atoms. The quantitative estimate of drug-likeness (QED) is 0.865. The summed E-state index contributed by atoms with van der Waals surface area (Å²) in [6.45, 7) is 4.67. The van der Waals surface area contributed by atoms with Crippen molar-refractivity contribution in [3.8, 4) is 0 Å². The average molecular weight is 338 g/mol. The summed E-state index contributed by atoms with van der Waals surface area (Å²) in [6.07, 6.45) is 1.44. The van der Waals surface area contributed by atoms with Gasteiger partial charge in [-0.15, -0.1) is 0 Å². The minimum atomic E-state index is -3.30. The second-order valence-corrected chi connectivity index (χ2v) is 7.73. The molecule has 1 N–H and O–H groups in total. The molecule has 3 heterocycles. The zero-order chi connectivity index (χ0) is 16.6. The van der Waals surface area contributed by atoms with E-state index in [9.17, 15) is 13.2 Å². The summed E-state index contributed by atoms with van der Waals surface area (Å²) in [5.74, 6) is -0.191. The zero-order valence-electron chi connectivity index (χ0n) is 12.9. The Hall–Kier alpha value is -2.00. The van der Waals surface area contributed by atoms with E-state index in [2.05, 4.69) is 14.9 Å². The molecule has 0 aliphatic carbocycles. The van der Waals surface area contributed by atoms with Crippen LogP contribution in [0.3, 0.4) is 0 Å². The molecular formula is C14H18N4O4S. The van der Waals surface area contributed by atoms with Gasteiger partial charge in [0, 0.05) is 25.8 Å². The van der Waals surface area contributed by atoms with Crippen molar-refractivity contribution in [2.45, 2.75) is 19.8 Å². The van der Waals surface area contributed by atoms with Crippen molar-refractivity contribution in [1.82, 2.24) is 19.8 Å². The number of pyridine rings is 1. The first-order valence-electron chi connectivity index (χ1n) is 7.39. The van der Waals surface area contributed by atoms with Crippen LogP contribution in [0.5, 0.6) is 0 Å². The third kappa shape index (κ3) is 3.20. The molecule has 1 amide bonds. The molecule has 1 aliphatic rings. The third-order valence-corrected chi connectivity index (χ3v) is 5.14. The third-order valence-electron chi connectivity index (χ3n) is 3.77. The molecule has 0 bridgehead atoms. The average Bonchev–Trinajstić information content (AvgIpc) is 2.84. The van der Waals surface area contributed by atoms with Gasteiger partial charge in [-0.2, -0.15) is 0 Å². The first-order chi connectivity index (χ1) is 10.9. The number of carbonyl (C=O) groups is 1. The van der Waals surface area contributed by atoms with Crippen LogP contribution < -0.4 is 4.72 Å². The largest absolute Gasteiger partial charge is 0.336 e. The van der Waals surface area contributed by atoms with Crippen LogP contribution in [0, 0.1) is 0 Å². The summed E-state index contributed by atoms with van der Waals surface area (Å²) < 4.78 is 30.7. The smallest absolute Gasteiger partial charge is 0.257 e. The number of hydrogen-bond donors (Lipinski definition) is 1. The van der Waals surface area contributed by atoms with Crippen LogP contribution in [0.2, 0.25) is 0 Å². The lowest BCUT2D eigenvalue weighted by Gasteiger charge is -2.19.